The van der Waals surface area contributed by atoms with Gasteiger partial charge >= 0.3 is 5.69 Å². The SMILES string of the molecule is Cc1n[nH]c(=O)nc1N1CCC(N)CC1. The van der Waals surface area contributed by atoms with Crippen LogP contribution in [0.2, 0.25) is 0 Å². The van der Waals surface area contributed by atoms with Crippen LogP contribution in [0.5, 0.6) is 0 Å². The highest BCUT2D eigenvalue weighted by atomic mass is 16.1. The number of nitrogens with two attached hydrogens (primary N) is 1. The van der Waals surface area contributed by atoms with E-state index in [-0.39, 0.29) is 6.04 Å². The molecular formula is C9H15N5O. The molecule has 1 aliphatic heterocycles. The normalized spacial score (nSPS) is 18.1. The zero-order chi connectivity index (χ0) is 10.8. The first-order valence-electron chi connectivity index (χ1n) is 5.10. The molecule has 1 fully saturated rings. The summed E-state index contributed by atoms with van der Waals surface area (Å²) in [6.07, 6.45) is 1.88. The molecule has 3 N–H and O–H groups in total. The molecule has 0 spiro atoms. The summed E-state index contributed by atoms with van der Waals surface area (Å²) >= 11 is 0. The van der Waals surface area contributed by atoms with Crippen molar-refractivity contribution in [1.29, 1.82) is 0 Å². The number of aromatic nitrogens is 3. The molecule has 1 aromatic heterocycles. The molecule has 2 rings (SSSR count). The minimum absolute atomic E-state index is 0.275. The number of nitrogens with zero attached hydrogens (tertiary/aromatic N) is 3. The van der Waals surface area contributed by atoms with Gasteiger partial charge in [0.05, 0.1) is 0 Å². The molecule has 2 heterocycles. The fraction of sp³-hybridized carbons (Fsp3) is 0.667. The molecular weight excluding hydrogens is 194 g/mol. The topological polar surface area (TPSA) is 87.9 Å². The Morgan fingerprint density at radius 1 is 1.47 bits per heavy atom. The average Bonchev–Trinajstić information content (AvgIpc) is 2.23. The quantitative estimate of drug-likeness (QED) is 0.645. The van der Waals surface area contributed by atoms with Gasteiger partial charge in [-0.3, -0.25) is 0 Å². The second kappa shape index (κ2) is 3.98. The van der Waals surface area contributed by atoms with Crippen LogP contribution in [0.25, 0.3) is 0 Å². The molecule has 0 unspecified atom stereocenters. The van der Waals surface area contributed by atoms with Crippen LogP contribution in [-0.4, -0.2) is 34.3 Å². The predicted molar refractivity (Wildman–Crippen MR) is 56.8 cm³/mol. The van der Waals surface area contributed by atoms with E-state index >= 15 is 0 Å². The Kier molecular flexibility index (Phi) is 2.68. The van der Waals surface area contributed by atoms with Gasteiger partial charge in [0.1, 0.15) is 5.69 Å². The Hall–Kier alpha value is -1.43. The summed E-state index contributed by atoms with van der Waals surface area (Å²) < 4.78 is 0. The maximum atomic E-state index is 11.1. The molecule has 0 amide bonds. The van der Waals surface area contributed by atoms with Crippen LogP contribution in [0.4, 0.5) is 5.82 Å². The van der Waals surface area contributed by atoms with Crippen molar-refractivity contribution in [2.45, 2.75) is 25.8 Å². The first-order chi connectivity index (χ1) is 7.16. The third-order valence-electron chi connectivity index (χ3n) is 2.69. The number of rotatable bonds is 1. The number of piperidine rings is 1. The van der Waals surface area contributed by atoms with Crippen LogP contribution < -0.4 is 16.3 Å². The first kappa shape index (κ1) is 10.1. The van der Waals surface area contributed by atoms with Gasteiger partial charge in [0.15, 0.2) is 5.82 Å². The molecule has 1 saturated heterocycles. The third kappa shape index (κ3) is 2.15. The van der Waals surface area contributed by atoms with E-state index < -0.39 is 5.69 Å². The number of hydrogen-bond acceptors (Lipinski definition) is 5. The smallest absolute Gasteiger partial charge is 0.355 e. The Morgan fingerprint density at radius 3 is 2.80 bits per heavy atom. The van der Waals surface area contributed by atoms with Gasteiger partial charge < -0.3 is 10.6 Å². The molecule has 82 valence electrons. The number of nitrogens with one attached hydrogen (secondary N) is 1. The van der Waals surface area contributed by atoms with Gasteiger partial charge in [0.2, 0.25) is 0 Å². The Labute approximate surface area is 87.5 Å². The molecule has 0 bridgehead atoms. The maximum Gasteiger partial charge on any atom is 0.363 e. The monoisotopic (exact) mass is 209 g/mol. The van der Waals surface area contributed by atoms with Crippen LogP contribution >= 0.6 is 0 Å². The first-order valence-corrected chi connectivity index (χ1v) is 5.10. The van der Waals surface area contributed by atoms with Crippen molar-refractivity contribution >= 4 is 5.82 Å². The number of aromatic amines is 1. The predicted octanol–water partition coefficient (Wildman–Crippen LogP) is -0.599. The summed E-state index contributed by atoms with van der Waals surface area (Å²) in [6, 6.07) is 0.275. The van der Waals surface area contributed by atoms with E-state index in [2.05, 4.69) is 20.1 Å². The molecule has 0 aliphatic carbocycles. The third-order valence-corrected chi connectivity index (χ3v) is 2.69. The zero-order valence-corrected chi connectivity index (χ0v) is 8.73. The molecule has 1 aliphatic rings. The van der Waals surface area contributed by atoms with Gasteiger partial charge in [0, 0.05) is 19.1 Å². The molecule has 0 radical (unpaired) electrons. The largest absolute Gasteiger partial charge is 0.363 e. The fourth-order valence-corrected chi connectivity index (χ4v) is 1.79. The fourth-order valence-electron chi connectivity index (χ4n) is 1.79. The summed E-state index contributed by atoms with van der Waals surface area (Å²) in [5, 5.41) is 6.22. The van der Waals surface area contributed by atoms with E-state index in [0.717, 1.165) is 31.6 Å². The minimum atomic E-state index is -0.398. The molecule has 0 aromatic carbocycles. The van der Waals surface area contributed by atoms with E-state index in [1.54, 1.807) is 0 Å². The number of hydrogen-bond donors (Lipinski definition) is 2. The van der Waals surface area contributed by atoms with Crippen molar-refractivity contribution in [3.05, 3.63) is 16.2 Å². The van der Waals surface area contributed by atoms with Crippen LogP contribution in [-0.2, 0) is 0 Å². The van der Waals surface area contributed by atoms with E-state index in [1.165, 1.54) is 0 Å². The van der Waals surface area contributed by atoms with Crippen LogP contribution in [0.3, 0.4) is 0 Å². The second-order valence-electron chi connectivity index (χ2n) is 3.87. The summed E-state index contributed by atoms with van der Waals surface area (Å²) in [5.74, 6) is 0.686. The van der Waals surface area contributed by atoms with Gasteiger partial charge in [-0.2, -0.15) is 10.1 Å². The summed E-state index contributed by atoms with van der Waals surface area (Å²) in [7, 11) is 0. The molecule has 0 saturated carbocycles. The zero-order valence-electron chi connectivity index (χ0n) is 8.73. The number of H-pyrrole nitrogens is 1. The molecule has 0 atom stereocenters. The number of anilines is 1. The lowest BCUT2D eigenvalue weighted by atomic mass is 10.1. The van der Waals surface area contributed by atoms with Crippen molar-refractivity contribution in [1.82, 2.24) is 15.2 Å². The Morgan fingerprint density at radius 2 is 2.13 bits per heavy atom. The van der Waals surface area contributed by atoms with Crippen molar-refractivity contribution in [2.75, 3.05) is 18.0 Å². The van der Waals surface area contributed by atoms with Crippen molar-refractivity contribution in [2.24, 2.45) is 5.73 Å². The van der Waals surface area contributed by atoms with E-state index in [0.29, 0.717) is 5.82 Å². The molecule has 6 heteroatoms. The molecule has 6 nitrogen and oxygen atoms in total. The highest BCUT2D eigenvalue weighted by Gasteiger charge is 2.19. The second-order valence-corrected chi connectivity index (χ2v) is 3.87. The van der Waals surface area contributed by atoms with Crippen LogP contribution in [0.1, 0.15) is 18.5 Å². The minimum Gasteiger partial charge on any atom is -0.355 e. The average molecular weight is 209 g/mol. The van der Waals surface area contributed by atoms with Crippen LogP contribution in [0.15, 0.2) is 4.79 Å². The maximum absolute atomic E-state index is 11.1. The van der Waals surface area contributed by atoms with Gasteiger partial charge in [-0.05, 0) is 19.8 Å². The summed E-state index contributed by atoms with van der Waals surface area (Å²) in [6.45, 7) is 3.53. The molecule has 1 aromatic rings. The van der Waals surface area contributed by atoms with E-state index in [4.69, 9.17) is 5.73 Å². The lowest BCUT2D eigenvalue weighted by Crippen LogP contribution is -2.41. The van der Waals surface area contributed by atoms with Gasteiger partial charge in [-0.25, -0.2) is 9.89 Å². The number of aryl methyl sites for hydroxylation is 1. The lowest BCUT2D eigenvalue weighted by Gasteiger charge is -2.31. The lowest BCUT2D eigenvalue weighted by molar-refractivity contribution is 0.496. The highest BCUT2D eigenvalue weighted by molar-refractivity contribution is 5.41. The Bertz CT molecular complexity index is 394. The van der Waals surface area contributed by atoms with Gasteiger partial charge in [0.25, 0.3) is 0 Å². The van der Waals surface area contributed by atoms with Gasteiger partial charge in [-0.1, -0.05) is 0 Å². The summed E-state index contributed by atoms with van der Waals surface area (Å²) in [5.41, 5.74) is 6.17. The molecule has 15 heavy (non-hydrogen) atoms. The van der Waals surface area contributed by atoms with E-state index in [9.17, 15) is 4.79 Å². The van der Waals surface area contributed by atoms with Crippen molar-refractivity contribution < 1.29 is 0 Å². The Balaban J connectivity index is 2.22. The van der Waals surface area contributed by atoms with Gasteiger partial charge in [-0.15, -0.1) is 0 Å². The van der Waals surface area contributed by atoms with Crippen molar-refractivity contribution in [3.63, 3.8) is 0 Å². The van der Waals surface area contributed by atoms with Crippen molar-refractivity contribution in [3.8, 4) is 0 Å². The standard InChI is InChI=1S/C9H15N5O/c1-6-8(11-9(15)13-12-6)14-4-2-7(10)3-5-14/h7H,2-5,10H2,1H3,(H,11,13,15). The van der Waals surface area contributed by atoms with Crippen LogP contribution in [0, 0.1) is 6.92 Å². The summed E-state index contributed by atoms with van der Waals surface area (Å²) in [4.78, 5) is 17.1. The van der Waals surface area contributed by atoms with E-state index in [1.807, 2.05) is 6.92 Å². The highest BCUT2D eigenvalue weighted by Crippen LogP contribution is 2.17.